The first-order valence-electron chi connectivity index (χ1n) is 8.91. The van der Waals surface area contributed by atoms with Crippen molar-refractivity contribution in [3.05, 3.63) is 59.7 Å². The molecule has 0 radical (unpaired) electrons. The molecule has 1 amide bonds. The lowest BCUT2D eigenvalue weighted by Gasteiger charge is -2.10. The largest absolute Gasteiger partial charge is 0.326 e. The number of carbonyl (C=O) groups is 1. The average molecular weight is 396 g/mol. The third-order valence-electron chi connectivity index (χ3n) is 4.28. The van der Waals surface area contributed by atoms with Crippen molar-refractivity contribution >= 4 is 27.5 Å². The molecule has 144 valence electrons. The molecule has 0 saturated carbocycles. The van der Waals surface area contributed by atoms with E-state index in [-0.39, 0.29) is 17.2 Å². The Labute approximate surface area is 164 Å². The second kappa shape index (κ2) is 8.67. The number of benzene rings is 2. The van der Waals surface area contributed by atoms with Crippen molar-refractivity contribution in [1.29, 1.82) is 5.26 Å². The summed E-state index contributed by atoms with van der Waals surface area (Å²) >= 11 is 0. The fourth-order valence-electron chi connectivity index (χ4n) is 2.81. The van der Waals surface area contributed by atoms with Crippen LogP contribution in [0, 0.1) is 11.3 Å². The Kier molecular flexibility index (Phi) is 6.06. The zero-order valence-electron chi connectivity index (χ0n) is 15.2. The first kappa shape index (κ1) is 19.6. The van der Waals surface area contributed by atoms with Crippen molar-refractivity contribution in [2.75, 3.05) is 11.9 Å². The van der Waals surface area contributed by atoms with E-state index in [2.05, 4.69) is 21.1 Å². The van der Waals surface area contributed by atoms with Crippen molar-refractivity contribution in [1.82, 2.24) is 4.72 Å². The third-order valence-corrected chi connectivity index (χ3v) is 5.66. The summed E-state index contributed by atoms with van der Waals surface area (Å²) < 4.78 is 27.4. The summed E-state index contributed by atoms with van der Waals surface area (Å²) in [4.78, 5) is 16.4. The number of nitrogens with zero attached hydrogens (tertiary/aromatic N) is 2. The summed E-state index contributed by atoms with van der Waals surface area (Å²) in [7, 11) is -3.72. The first-order valence-corrected chi connectivity index (χ1v) is 10.4. The Morgan fingerprint density at radius 1 is 1.18 bits per heavy atom. The minimum absolute atomic E-state index is 0.0759. The lowest BCUT2D eigenvalue weighted by Crippen LogP contribution is -2.29. The van der Waals surface area contributed by atoms with E-state index in [1.807, 2.05) is 12.1 Å². The van der Waals surface area contributed by atoms with Crippen LogP contribution >= 0.6 is 0 Å². The van der Waals surface area contributed by atoms with E-state index in [1.165, 1.54) is 12.1 Å². The van der Waals surface area contributed by atoms with Crippen molar-refractivity contribution in [3.8, 4) is 6.07 Å². The number of hydrogen-bond acceptors (Lipinski definition) is 5. The second-order valence-corrected chi connectivity index (χ2v) is 8.10. The number of sulfonamides is 1. The van der Waals surface area contributed by atoms with Crippen LogP contribution in [0.2, 0.25) is 0 Å². The number of carbonyl (C=O) groups excluding carboxylic acids is 1. The standard InChI is InChI=1S/C20H20N4O3S/c21-14-16-8-6-15(7-9-16)10-11-20(25)23-17-3-1-4-18(13-17)28(26,27)24-19-5-2-12-22-19/h1,3-4,6-9,13H,2,5,10-12H2,(H,22,24)(H,23,25). The van der Waals surface area contributed by atoms with Gasteiger partial charge in [0.1, 0.15) is 5.84 Å². The molecule has 1 aliphatic heterocycles. The fraction of sp³-hybridized carbons (Fsp3) is 0.250. The summed E-state index contributed by atoms with van der Waals surface area (Å²) in [5.74, 6) is 0.254. The van der Waals surface area contributed by atoms with Gasteiger partial charge in [0.25, 0.3) is 10.0 Å². The number of nitrogens with one attached hydrogen (secondary N) is 2. The van der Waals surface area contributed by atoms with Crippen molar-refractivity contribution in [2.45, 2.75) is 30.6 Å². The van der Waals surface area contributed by atoms with Gasteiger partial charge in [-0.25, -0.2) is 8.42 Å². The summed E-state index contributed by atoms with van der Waals surface area (Å²) in [6.45, 7) is 0.632. The van der Waals surface area contributed by atoms with Gasteiger partial charge in [-0.05, 0) is 48.7 Å². The maximum atomic E-state index is 12.5. The molecule has 1 heterocycles. The Morgan fingerprint density at radius 3 is 2.64 bits per heavy atom. The van der Waals surface area contributed by atoms with E-state index in [0.717, 1.165) is 12.0 Å². The topological polar surface area (TPSA) is 111 Å². The molecular formula is C20H20N4O3S. The van der Waals surface area contributed by atoms with Crippen LogP contribution in [0.3, 0.4) is 0 Å². The van der Waals surface area contributed by atoms with Crippen LogP contribution in [-0.4, -0.2) is 26.7 Å². The zero-order chi connectivity index (χ0) is 20.0. The molecule has 3 rings (SSSR count). The number of nitriles is 1. The Bertz CT molecular complexity index is 1040. The molecule has 8 heteroatoms. The second-order valence-electron chi connectivity index (χ2n) is 6.42. The van der Waals surface area contributed by atoms with Gasteiger partial charge in [-0.2, -0.15) is 5.26 Å². The number of amidine groups is 1. The maximum absolute atomic E-state index is 12.5. The molecular weight excluding hydrogens is 376 g/mol. The normalized spacial score (nSPS) is 13.5. The van der Waals surface area contributed by atoms with E-state index in [4.69, 9.17) is 5.26 Å². The first-order chi connectivity index (χ1) is 13.5. The van der Waals surface area contributed by atoms with Gasteiger partial charge in [0.05, 0.1) is 16.5 Å². The van der Waals surface area contributed by atoms with Gasteiger partial charge in [-0.3, -0.25) is 14.5 Å². The molecule has 0 aliphatic carbocycles. The Hall–Kier alpha value is -3.18. The molecule has 0 atom stereocenters. The molecule has 0 fully saturated rings. The summed E-state index contributed by atoms with van der Waals surface area (Å²) in [6, 6.07) is 15.2. The summed E-state index contributed by atoms with van der Waals surface area (Å²) in [5.41, 5.74) is 1.94. The molecule has 0 bridgehead atoms. The Morgan fingerprint density at radius 2 is 1.96 bits per heavy atom. The molecule has 0 spiro atoms. The van der Waals surface area contributed by atoms with Gasteiger partial charge >= 0.3 is 0 Å². The van der Waals surface area contributed by atoms with Crippen LogP contribution in [0.5, 0.6) is 0 Å². The average Bonchev–Trinajstić information content (AvgIpc) is 3.19. The number of aryl methyl sites for hydroxylation is 1. The third kappa shape index (κ3) is 5.18. The van der Waals surface area contributed by atoms with E-state index < -0.39 is 10.0 Å². The molecule has 7 nitrogen and oxygen atoms in total. The monoisotopic (exact) mass is 396 g/mol. The van der Waals surface area contributed by atoms with Crippen LogP contribution in [0.4, 0.5) is 5.69 Å². The van der Waals surface area contributed by atoms with Crippen molar-refractivity contribution in [3.63, 3.8) is 0 Å². The minimum Gasteiger partial charge on any atom is -0.326 e. The van der Waals surface area contributed by atoms with E-state index in [9.17, 15) is 13.2 Å². The van der Waals surface area contributed by atoms with Crippen LogP contribution in [-0.2, 0) is 21.2 Å². The van der Waals surface area contributed by atoms with E-state index >= 15 is 0 Å². The van der Waals surface area contributed by atoms with Crippen LogP contribution in [0.25, 0.3) is 0 Å². The highest BCUT2D eigenvalue weighted by Crippen LogP contribution is 2.17. The molecule has 2 aromatic rings. The molecule has 2 N–H and O–H groups in total. The molecule has 28 heavy (non-hydrogen) atoms. The van der Waals surface area contributed by atoms with Crippen molar-refractivity contribution in [2.24, 2.45) is 4.99 Å². The predicted molar refractivity (Wildman–Crippen MR) is 106 cm³/mol. The van der Waals surface area contributed by atoms with Gasteiger partial charge in [0.15, 0.2) is 0 Å². The predicted octanol–water partition coefficient (Wildman–Crippen LogP) is 2.60. The fourth-order valence-corrected chi connectivity index (χ4v) is 3.94. The molecule has 0 saturated heterocycles. The smallest absolute Gasteiger partial charge is 0.262 e. The SMILES string of the molecule is N#Cc1ccc(CCC(=O)Nc2cccc(S(=O)(=O)NC3=NCCC3)c2)cc1. The minimum atomic E-state index is -3.72. The highest BCUT2D eigenvalue weighted by molar-refractivity contribution is 7.90. The number of aliphatic imine (C=N–C) groups is 1. The Balaban J connectivity index is 1.60. The number of anilines is 1. The summed E-state index contributed by atoms with van der Waals surface area (Å²) in [6.07, 6.45) is 2.23. The number of rotatable bonds is 6. The van der Waals surface area contributed by atoms with Gasteiger partial charge in [0.2, 0.25) is 5.91 Å². The van der Waals surface area contributed by atoms with Crippen LogP contribution in [0.1, 0.15) is 30.4 Å². The van der Waals surface area contributed by atoms with Crippen LogP contribution in [0.15, 0.2) is 58.4 Å². The highest BCUT2D eigenvalue weighted by Gasteiger charge is 2.18. The van der Waals surface area contributed by atoms with Crippen molar-refractivity contribution < 1.29 is 13.2 Å². The zero-order valence-corrected chi connectivity index (χ0v) is 16.0. The van der Waals surface area contributed by atoms with Gasteiger partial charge in [0, 0.05) is 25.1 Å². The lowest BCUT2D eigenvalue weighted by molar-refractivity contribution is -0.116. The molecule has 2 aromatic carbocycles. The lowest BCUT2D eigenvalue weighted by atomic mass is 10.1. The summed E-state index contributed by atoms with van der Waals surface area (Å²) in [5, 5.41) is 11.5. The van der Waals surface area contributed by atoms with Gasteiger partial charge < -0.3 is 5.32 Å². The number of hydrogen-bond donors (Lipinski definition) is 2. The molecule has 0 aromatic heterocycles. The van der Waals surface area contributed by atoms with E-state index in [1.54, 1.807) is 24.3 Å². The quantitative estimate of drug-likeness (QED) is 0.781. The van der Waals surface area contributed by atoms with Crippen LogP contribution < -0.4 is 10.0 Å². The molecule has 1 aliphatic rings. The van der Waals surface area contributed by atoms with E-state index in [0.29, 0.717) is 36.5 Å². The number of amides is 1. The van der Waals surface area contributed by atoms with Gasteiger partial charge in [-0.1, -0.05) is 18.2 Å². The maximum Gasteiger partial charge on any atom is 0.262 e. The van der Waals surface area contributed by atoms with Gasteiger partial charge in [-0.15, -0.1) is 0 Å². The highest BCUT2D eigenvalue weighted by atomic mass is 32.2. The molecule has 0 unspecified atom stereocenters.